The molecule has 0 saturated heterocycles. The predicted octanol–water partition coefficient (Wildman–Crippen LogP) is 2.62. The molecule has 2 aromatic carbocycles. The van der Waals surface area contributed by atoms with Crippen LogP contribution >= 0.6 is 0 Å². The number of rotatable bonds is 4. The highest BCUT2D eigenvalue weighted by Crippen LogP contribution is 2.26. The van der Waals surface area contributed by atoms with Crippen LogP contribution in [0.1, 0.15) is 33.4 Å². The van der Waals surface area contributed by atoms with Crippen LogP contribution in [0.4, 0.5) is 4.39 Å². The van der Waals surface area contributed by atoms with Crippen molar-refractivity contribution >= 4 is 5.91 Å². The number of nitrogens with one attached hydrogen (secondary N) is 1. The van der Waals surface area contributed by atoms with Crippen molar-refractivity contribution in [2.24, 2.45) is 0 Å². The van der Waals surface area contributed by atoms with Gasteiger partial charge in [-0.05, 0) is 23.3 Å². The Labute approximate surface area is 149 Å². The highest BCUT2D eigenvalue weighted by Gasteiger charge is 2.27. The van der Waals surface area contributed by atoms with E-state index < -0.39 is 0 Å². The monoisotopic (exact) mass is 352 g/mol. The van der Waals surface area contributed by atoms with Crippen LogP contribution in [0.2, 0.25) is 0 Å². The third-order valence-electron chi connectivity index (χ3n) is 4.33. The molecule has 6 nitrogen and oxygen atoms in total. The van der Waals surface area contributed by atoms with Gasteiger partial charge in [0, 0.05) is 6.54 Å². The normalized spacial score (nSPS) is 16.1. The number of aromatic nitrogens is 3. The highest BCUT2D eigenvalue weighted by molar-refractivity contribution is 5.93. The molecule has 4 rings (SSSR count). The van der Waals surface area contributed by atoms with Gasteiger partial charge in [-0.1, -0.05) is 47.7 Å². The maximum Gasteiger partial charge on any atom is 0.274 e. The van der Waals surface area contributed by atoms with Gasteiger partial charge in [0.15, 0.2) is 5.69 Å². The van der Waals surface area contributed by atoms with Crippen molar-refractivity contribution in [2.75, 3.05) is 0 Å². The second-order valence-corrected chi connectivity index (χ2v) is 6.09. The first-order valence-corrected chi connectivity index (χ1v) is 8.32. The summed E-state index contributed by atoms with van der Waals surface area (Å²) in [5.74, 6) is -0.685. The number of hydrogen-bond acceptors (Lipinski definition) is 4. The molecule has 1 aliphatic rings. The first kappa shape index (κ1) is 16.4. The zero-order valence-corrected chi connectivity index (χ0v) is 13.9. The summed E-state index contributed by atoms with van der Waals surface area (Å²) in [6.07, 6.45) is -0.117. The lowest BCUT2D eigenvalue weighted by molar-refractivity contribution is -0.00177. The molecule has 0 saturated carbocycles. The Balaban J connectivity index is 1.45. The number of carbonyl (C=O) groups excluding carboxylic acids is 1. The zero-order chi connectivity index (χ0) is 17.9. The molecule has 1 unspecified atom stereocenters. The van der Waals surface area contributed by atoms with Crippen LogP contribution in [-0.4, -0.2) is 20.9 Å². The Morgan fingerprint density at radius 2 is 2.08 bits per heavy atom. The fourth-order valence-corrected chi connectivity index (χ4v) is 2.97. The van der Waals surface area contributed by atoms with Crippen LogP contribution in [0.15, 0.2) is 54.6 Å². The molecule has 3 aromatic rings. The summed E-state index contributed by atoms with van der Waals surface area (Å²) < 4.78 is 20.8. The van der Waals surface area contributed by atoms with Gasteiger partial charge in [-0.2, -0.15) is 0 Å². The van der Waals surface area contributed by atoms with Crippen molar-refractivity contribution in [3.05, 3.63) is 82.9 Å². The van der Waals surface area contributed by atoms with Crippen LogP contribution in [0.5, 0.6) is 0 Å². The first-order chi connectivity index (χ1) is 12.7. The number of fused-ring (bicyclic) bond motifs is 1. The predicted molar refractivity (Wildman–Crippen MR) is 91.6 cm³/mol. The highest BCUT2D eigenvalue weighted by atomic mass is 19.1. The Kier molecular flexibility index (Phi) is 4.45. The number of benzene rings is 2. The van der Waals surface area contributed by atoms with Gasteiger partial charge in [0.05, 0.1) is 18.8 Å². The molecule has 7 heteroatoms. The number of carbonyl (C=O) groups is 1. The van der Waals surface area contributed by atoms with E-state index in [1.807, 2.05) is 30.3 Å². The summed E-state index contributed by atoms with van der Waals surface area (Å²) in [5, 5.41) is 10.8. The van der Waals surface area contributed by atoms with Gasteiger partial charge >= 0.3 is 0 Å². The molecule has 1 atom stereocenters. The Morgan fingerprint density at radius 3 is 2.88 bits per heavy atom. The van der Waals surface area contributed by atoms with E-state index in [1.54, 1.807) is 16.8 Å². The minimum Gasteiger partial charge on any atom is -0.365 e. The Bertz CT molecular complexity index is 926. The number of amides is 1. The topological polar surface area (TPSA) is 69.0 Å². The van der Waals surface area contributed by atoms with Crippen LogP contribution in [0.25, 0.3) is 0 Å². The lowest BCUT2D eigenvalue weighted by Crippen LogP contribution is -2.27. The maximum atomic E-state index is 13.2. The van der Waals surface area contributed by atoms with Crippen molar-refractivity contribution in [3.63, 3.8) is 0 Å². The minimum absolute atomic E-state index is 0.117. The van der Waals surface area contributed by atoms with Crippen LogP contribution in [-0.2, 0) is 24.4 Å². The fraction of sp³-hybridized carbons (Fsp3) is 0.211. The molecule has 0 spiro atoms. The van der Waals surface area contributed by atoms with Crippen molar-refractivity contribution in [1.29, 1.82) is 0 Å². The average Bonchev–Trinajstić information content (AvgIpc) is 3.10. The van der Waals surface area contributed by atoms with E-state index in [2.05, 4.69) is 15.6 Å². The Morgan fingerprint density at radius 1 is 1.23 bits per heavy atom. The van der Waals surface area contributed by atoms with Crippen molar-refractivity contribution in [3.8, 4) is 0 Å². The van der Waals surface area contributed by atoms with Gasteiger partial charge in [-0.15, -0.1) is 5.10 Å². The number of nitrogens with zero attached hydrogens (tertiary/aromatic N) is 3. The van der Waals surface area contributed by atoms with E-state index in [4.69, 9.17) is 4.74 Å². The van der Waals surface area contributed by atoms with Gasteiger partial charge in [0.2, 0.25) is 0 Å². The molecule has 0 radical (unpaired) electrons. The summed E-state index contributed by atoms with van der Waals surface area (Å²) in [4.78, 5) is 12.4. The van der Waals surface area contributed by atoms with Gasteiger partial charge in [0.25, 0.3) is 5.91 Å². The standard InChI is InChI=1S/C19H17FN4O2/c20-15-8-4-5-13(9-15)10-21-19(25)18-16-12-26-17(11-24(16)23-22-18)14-6-2-1-3-7-14/h1-9,17H,10-12H2,(H,21,25). The van der Waals surface area contributed by atoms with E-state index in [0.29, 0.717) is 17.8 Å². The molecule has 26 heavy (non-hydrogen) atoms. The summed E-state index contributed by atoms with van der Waals surface area (Å²) in [6, 6.07) is 16.0. The number of ether oxygens (including phenoxy) is 1. The molecule has 2 heterocycles. The second-order valence-electron chi connectivity index (χ2n) is 6.09. The van der Waals surface area contributed by atoms with E-state index in [9.17, 15) is 9.18 Å². The molecule has 0 bridgehead atoms. The Hall–Kier alpha value is -3.06. The summed E-state index contributed by atoms with van der Waals surface area (Å²) in [5.41, 5.74) is 2.63. The summed E-state index contributed by atoms with van der Waals surface area (Å²) in [6.45, 7) is 0.981. The van der Waals surface area contributed by atoms with Crippen molar-refractivity contribution in [1.82, 2.24) is 20.3 Å². The lowest BCUT2D eigenvalue weighted by Gasteiger charge is -2.24. The van der Waals surface area contributed by atoms with Gasteiger partial charge in [-0.3, -0.25) is 4.79 Å². The number of hydrogen-bond donors (Lipinski definition) is 1. The lowest BCUT2D eigenvalue weighted by atomic mass is 10.1. The van der Waals surface area contributed by atoms with E-state index in [1.165, 1.54) is 12.1 Å². The van der Waals surface area contributed by atoms with Crippen molar-refractivity contribution < 1.29 is 13.9 Å². The third-order valence-corrected chi connectivity index (χ3v) is 4.33. The minimum atomic E-state index is -0.350. The smallest absolute Gasteiger partial charge is 0.274 e. The molecule has 0 aliphatic carbocycles. The zero-order valence-electron chi connectivity index (χ0n) is 13.9. The summed E-state index contributed by atoms with van der Waals surface area (Å²) >= 11 is 0. The van der Waals surface area contributed by atoms with E-state index in [-0.39, 0.29) is 36.7 Å². The SMILES string of the molecule is O=C(NCc1cccc(F)c1)c1nnn2c1COC(c1ccccc1)C2. The quantitative estimate of drug-likeness (QED) is 0.784. The van der Waals surface area contributed by atoms with Gasteiger partial charge < -0.3 is 10.1 Å². The van der Waals surface area contributed by atoms with E-state index in [0.717, 1.165) is 5.56 Å². The first-order valence-electron chi connectivity index (χ1n) is 8.32. The van der Waals surface area contributed by atoms with Gasteiger partial charge in [-0.25, -0.2) is 9.07 Å². The molecule has 1 N–H and O–H groups in total. The fourth-order valence-electron chi connectivity index (χ4n) is 2.97. The van der Waals surface area contributed by atoms with Crippen LogP contribution in [0, 0.1) is 5.82 Å². The van der Waals surface area contributed by atoms with E-state index >= 15 is 0 Å². The second kappa shape index (κ2) is 7.05. The largest absolute Gasteiger partial charge is 0.365 e. The van der Waals surface area contributed by atoms with Crippen LogP contribution < -0.4 is 5.32 Å². The molecular weight excluding hydrogens is 335 g/mol. The maximum absolute atomic E-state index is 13.2. The molecular formula is C19H17FN4O2. The molecule has 1 amide bonds. The van der Waals surface area contributed by atoms with Gasteiger partial charge in [0.1, 0.15) is 11.9 Å². The third kappa shape index (κ3) is 3.34. The van der Waals surface area contributed by atoms with Crippen LogP contribution in [0.3, 0.4) is 0 Å². The van der Waals surface area contributed by atoms with Crippen molar-refractivity contribution in [2.45, 2.75) is 25.8 Å². The molecule has 132 valence electrons. The molecule has 1 aromatic heterocycles. The summed E-state index contributed by atoms with van der Waals surface area (Å²) in [7, 11) is 0. The average molecular weight is 352 g/mol. The molecule has 1 aliphatic heterocycles. The number of halogens is 1. The molecule has 0 fully saturated rings.